The van der Waals surface area contributed by atoms with Crippen LogP contribution in [0.1, 0.15) is 10.6 Å². The smallest absolute Gasteiger partial charge is 0.377 e. The lowest BCUT2D eigenvalue weighted by molar-refractivity contribution is 0.0565. The van der Waals surface area contributed by atoms with Crippen molar-refractivity contribution >= 4 is 17.6 Å². The molecule has 0 aliphatic heterocycles. The third-order valence-corrected chi connectivity index (χ3v) is 1.16. The largest absolute Gasteiger partial charge is 0.463 e. The van der Waals surface area contributed by atoms with Crippen LogP contribution in [0.15, 0.2) is 10.8 Å². The Labute approximate surface area is 61.8 Å². The molecule has 0 amide bonds. The molecular weight excluding hydrogens is 158 g/mol. The van der Waals surface area contributed by atoms with Crippen molar-refractivity contribution < 1.29 is 13.9 Å². The second-order valence-electron chi connectivity index (χ2n) is 1.46. The van der Waals surface area contributed by atoms with Crippen molar-refractivity contribution in [3.63, 3.8) is 0 Å². The molecule has 0 aromatic carbocycles. The number of carbonyl (C=O) groups is 1. The third kappa shape index (κ3) is 1.11. The molecule has 0 aliphatic rings. The van der Waals surface area contributed by atoms with Crippen LogP contribution in [-0.4, -0.2) is 18.1 Å². The first-order valence-corrected chi connectivity index (χ1v) is 2.81. The summed E-state index contributed by atoms with van der Waals surface area (Å²) in [5.74, 6) is -0.688. The molecule has 54 valence electrons. The Morgan fingerprint density at radius 3 is 3.00 bits per heavy atom. The van der Waals surface area contributed by atoms with Gasteiger partial charge in [0, 0.05) is 0 Å². The summed E-state index contributed by atoms with van der Waals surface area (Å²) in [5, 5.41) is 0.0202. The van der Waals surface area contributed by atoms with Gasteiger partial charge in [0.05, 0.1) is 7.11 Å². The van der Waals surface area contributed by atoms with E-state index in [4.69, 9.17) is 11.6 Å². The van der Waals surface area contributed by atoms with Crippen LogP contribution in [-0.2, 0) is 4.74 Å². The van der Waals surface area contributed by atoms with Crippen LogP contribution < -0.4 is 0 Å². The summed E-state index contributed by atoms with van der Waals surface area (Å²) in [6.07, 6.45) is 1.08. The standard InChI is InChI=1S/C5H4ClNO3/c1-9-5(8)3-4(6)7-2-10-3/h2H,1H3. The second kappa shape index (κ2) is 2.70. The quantitative estimate of drug-likeness (QED) is 0.579. The number of aromatic nitrogens is 1. The van der Waals surface area contributed by atoms with Gasteiger partial charge in [-0.3, -0.25) is 0 Å². The summed E-state index contributed by atoms with van der Waals surface area (Å²) in [5.41, 5.74) is 0. The van der Waals surface area contributed by atoms with Crippen molar-refractivity contribution in [1.29, 1.82) is 0 Å². The monoisotopic (exact) mass is 161 g/mol. The number of halogens is 1. The summed E-state index contributed by atoms with van der Waals surface area (Å²) in [6, 6.07) is 0. The zero-order valence-corrected chi connectivity index (χ0v) is 5.88. The van der Waals surface area contributed by atoms with Crippen LogP contribution in [0.3, 0.4) is 0 Å². The first kappa shape index (κ1) is 7.08. The summed E-state index contributed by atoms with van der Waals surface area (Å²) in [7, 11) is 1.24. The predicted octanol–water partition coefficient (Wildman–Crippen LogP) is 1.11. The highest BCUT2D eigenvalue weighted by Crippen LogP contribution is 2.12. The fourth-order valence-electron chi connectivity index (χ4n) is 0.458. The van der Waals surface area contributed by atoms with Crippen LogP contribution in [0.5, 0.6) is 0 Å². The number of nitrogens with zero attached hydrogens (tertiary/aromatic N) is 1. The number of esters is 1. The van der Waals surface area contributed by atoms with Crippen LogP contribution in [0.2, 0.25) is 5.15 Å². The van der Waals surface area contributed by atoms with E-state index >= 15 is 0 Å². The van der Waals surface area contributed by atoms with E-state index in [1.165, 1.54) is 7.11 Å². The Bertz CT molecular complexity index is 245. The van der Waals surface area contributed by atoms with E-state index in [1.807, 2.05) is 0 Å². The Morgan fingerprint density at radius 2 is 2.60 bits per heavy atom. The van der Waals surface area contributed by atoms with Gasteiger partial charge < -0.3 is 9.15 Å². The lowest BCUT2D eigenvalue weighted by Gasteiger charge is -1.90. The van der Waals surface area contributed by atoms with Crippen molar-refractivity contribution in [3.05, 3.63) is 17.3 Å². The lowest BCUT2D eigenvalue weighted by atomic mass is 10.5. The van der Waals surface area contributed by atoms with Gasteiger partial charge in [0.2, 0.25) is 0 Å². The van der Waals surface area contributed by atoms with E-state index in [9.17, 15) is 4.79 Å². The number of carbonyl (C=O) groups excluding carboxylic acids is 1. The molecule has 0 atom stereocenters. The molecule has 0 fully saturated rings. The van der Waals surface area contributed by atoms with Gasteiger partial charge in [-0.05, 0) is 0 Å². The molecule has 0 N–H and O–H groups in total. The zero-order valence-electron chi connectivity index (χ0n) is 5.13. The van der Waals surface area contributed by atoms with Gasteiger partial charge in [-0.1, -0.05) is 11.6 Å². The van der Waals surface area contributed by atoms with E-state index in [1.54, 1.807) is 0 Å². The molecule has 0 radical (unpaired) electrons. The molecule has 10 heavy (non-hydrogen) atoms. The van der Waals surface area contributed by atoms with Crippen LogP contribution in [0, 0.1) is 0 Å². The summed E-state index contributed by atoms with van der Waals surface area (Å²) < 4.78 is 8.92. The number of hydrogen-bond donors (Lipinski definition) is 0. The summed E-state index contributed by atoms with van der Waals surface area (Å²) >= 11 is 5.41. The topological polar surface area (TPSA) is 52.3 Å². The molecule has 1 heterocycles. The van der Waals surface area contributed by atoms with Gasteiger partial charge in [-0.25, -0.2) is 9.78 Å². The van der Waals surface area contributed by atoms with Gasteiger partial charge in [0.15, 0.2) is 11.5 Å². The minimum atomic E-state index is -0.623. The van der Waals surface area contributed by atoms with Gasteiger partial charge in [-0.15, -0.1) is 0 Å². The molecule has 0 saturated heterocycles. The molecule has 0 bridgehead atoms. The fraction of sp³-hybridized carbons (Fsp3) is 0.200. The van der Waals surface area contributed by atoms with Gasteiger partial charge >= 0.3 is 5.97 Å². The van der Waals surface area contributed by atoms with Gasteiger partial charge in [0.25, 0.3) is 5.76 Å². The van der Waals surface area contributed by atoms with Crippen molar-refractivity contribution in [2.45, 2.75) is 0 Å². The number of ether oxygens (including phenoxy) is 1. The summed E-state index contributed by atoms with van der Waals surface area (Å²) in [4.78, 5) is 14.1. The SMILES string of the molecule is COC(=O)c1ocnc1Cl. The van der Waals surface area contributed by atoms with E-state index in [-0.39, 0.29) is 10.9 Å². The van der Waals surface area contributed by atoms with E-state index < -0.39 is 5.97 Å². The van der Waals surface area contributed by atoms with Crippen molar-refractivity contribution in [2.75, 3.05) is 7.11 Å². The molecule has 1 rings (SSSR count). The highest BCUT2D eigenvalue weighted by molar-refractivity contribution is 6.31. The van der Waals surface area contributed by atoms with Gasteiger partial charge in [0.1, 0.15) is 0 Å². The van der Waals surface area contributed by atoms with Crippen LogP contribution in [0.25, 0.3) is 0 Å². The third-order valence-electron chi connectivity index (χ3n) is 0.895. The highest BCUT2D eigenvalue weighted by Gasteiger charge is 2.14. The van der Waals surface area contributed by atoms with E-state index in [0.717, 1.165) is 6.39 Å². The Kier molecular flexibility index (Phi) is 1.91. The predicted molar refractivity (Wildman–Crippen MR) is 32.9 cm³/mol. The average Bonchev–Trinajstić information content (AvgIpc) is 2.34. The first-order valence-electron chi connectivity index (χ1n) is 2.43. The first-order chi connectivity index (χ1) is 4.75. The maximum atomic E-state index is 10.7. The van der Waals surface area contributed by atoms with Crippen molar-refractivity contribution in [2.24, 2.45) is 0 Å². The Hall–Kier alpha value is -1.03. The molecule has 4 nitrogen and oxygen atoms in total. The fourth-order valence-corrected chi connectivity index (χ4v) is 0.619. The molecule has 1 aromatic rings. The molecule has 0 aliphatic carbocycles. The maximum Gasteiger partial charge on any atom is 0.377 e. The molecule has 0 saturated carbocycles. The zero-order chi connectivity index (χ0) is 7.56. The Balaban J connectivity index is 2.93. The number of methoxy groups -OCH3 is 1. The van der Waals surface area contributed by atoms with Gasteiger partial charge in [-0.2, -0.15) is 0 Å². The minimum absolute atomic E-state index is 0.0202. The second-order valence-corrected chi connectivity index (χ2v) is 1.82. The molecule has 0 unspecified atom stereocenters. The van der Waals surface area contributed by atoms with E-state index in [2.05, 4.69) is 14.1 Å². The van der Waals surface area contributed by atoms with E-state index in [0.29, 0.717) is 0 Å². The molecular formula is C5H4ClNO3. The number of oxazole rings is 1. The number of rotatable bonds is 1. The minimum Gasteiger partial charge on any atom is -0.463 e. The average molecular weight is 162 g/mol. The van der Waals surface area contributed by atoms with Crippen LogP contribution >= 0.6 is 11.6 Å². The van der Waals surface area contributed by atoms with Crippen LogP contribution in [0.4, 0.5) is 0 Å². The number of hydrogen-bond acceptors (Lipinski definition) is 4. The summed E-state index contributed by atoms with van der Waals surface area (Å²) in [6.45, 7) is 0. The normalized spacial score (nSPS) is 9.40. The molecule has 1 aromatic heterocycles. The Morgan fingerprint density at radius 1 is 1.90 bits per heavy atom. The lowest BCUT2D eigenvalue weighted by Crippen LogP contribution is -1.99. The van der Waals surface area contributed by atoms with Crippen molar-refractivity contribution in [3.8, 4) is 0 Å². The highest BCUT2D eigenvalue weighted by atomic mass is 35.5. The maximum absolute atomic E-state index is 10.7. The molecule has 5 heteroatoms. The van der Waals surface area contributed by atoms with Crippen molar-refractivity contribution in [1.82, 2.24) is 4.98 Å². The molecule has 0 spiro atoms.